The number of aliphatic hydroxyl groups excluding tert-OH is 1. The van der Waals surface area contributed by atoms with Crippen LogP contribution in [0, 0.1) is 51.8 Å². The fraction of sp³-hybridized carbons (Fsp3) is 0.952. The van der Waals surface area contributed by atoms with Crippen molar-refractivity contribution in [1.82, 2.24) is 0 Å². The average molecular weight is 332 g/mol. The van der Waals surface area contributed by atoms with E-state index in [1.54, 1.807) is 0 Å². The van der Waals surface area contributed by atoms with E-state index in [0.717, 1.165) is 38.5 Å². The van der Waals surface area contributed by atoms with E-state index < -0.39 is 5.60 Å². The second kappa shape index (κ2) is 5.21. The highest BCUT2D eigenvalue weighted by atomic mass is 16.3. The zero-order valence-electron chi connectivity index (χ0n) is 15.5. The van der Waals surface area contributed by atoms with Gasteiger partial charge in [-0.3, -0.25) is 0 Å². The lowest BCUT2D eigenvalue weighted by Crippen LogP contribution is -2.59. The van der Waals surface area contributed by atoms with Gasteiger partial charge in [0.1, 0.15) is 0 Å². The standard InChI is InChI=1S/C21H33NO2/c1-19(24)8-9-20(2)13(11-19)4-6-15-16-7-5-14(12-22)21(16,3)18(23)10-17(15)20/h13-18,23-24H,4-11H2,1-3H3/t13-,14+,15-,16-,17-,18+,19+,20-,21+/m0/s1. The summed E-state index contributed by atoms with van der Waals surface area (Å²) in [6, 6.07) is 2.51. The zero-order chi connectivity index (χ0) is 17.3. The van der Waals surface area contributed by atoms with Crippen molar-refractivity contribution in [2.45, 2.75) is 83.8 Å². The molecule has 4 saturated carbocycles. The minimum atomic E-state index is -0.502. The summed E-state index contributed by atoms with van der Waals surface area (Å²) in [6.07, 6.45) is 7.95. The molecule has 4 aliphatic rings. The van der Waals surface area contributed by atoms with E-state index in [4.69, 9.17) is 0 Å². The van der Waals surface area contributed by atoms with Gasteiger partial charge >= 0.3 is 0 Å². The summed E-state index contributed by atoms with van der Waals surface area (Å²) in [5, 5.41) is 31.2. The molecule has 3 nitrogen and oxygen atoms in total. The van der Waals surface area contributed by atoms with Crippen LogP contribution in [0.15, 0.2) is 0 Å². The van der Waals surface area contributed by atoms with E-state index in [2.05, 4.69) is 19.9 Å². The monoisotopic (exact) mass is 331 g/mol. The normalized spacial score (nSPS) is 59.8. The molecule has 24 heavy (non-hydrogen) atoms. The number of hydrogen-bond donors (Lipinski definition) is 2. The highest BCUT2D eigenvalue weighted by Crippen LogP contribution is 2.67. The molecule has 4 aliphatic carbocycles. The molecule has 0 aromatic heterocycles. The van der Waals surface area contributed by atoms with Crippen LogP contribution in [-0.4, -0.2) is 21.9 Å². The Morgan fingerprint density at radius 3 is 2.46 bits per heavy atom. The summed E-state index contributed by atoms with van der Waals surface area (Å²) in [5.41, 5.74) is -0.435. The lowest BCUT2D eigenvalue weighted by Gasteiger charge is -2.62. The molecule has 4 fully saturated rings. The van der Waals surface area contributed by atoms with Crippen LogP contribution < -0.4 is 0 Å². The number of aliphatic hydroxyl groups is 2. The second-order valence-corrected chi connectivity index (χ2v) is 10.2. The van der Waals surface area contributed by atoms with Crippen LogP contribution in [0.5, 0.6) is 0 Å². The minimum absolute atomic E-state index is 0.0241. The predicted octanol–water partition coefficient (Wildman–Crippen LogP) is 3.89. The number of fused-ring (bicyclic) bond motifs is 5. The maximum absolute atomic E-state index is 11.1. The van der Waals surface area contributed by atoms with E-state index in [1.165, 1.54) is 12.8 Å². The van der Waals surface area contributed by atoms with Crippen molar-refractivity contribution in [3.63, 3.8) is 0 Å². The van der Waals surface area contributed by atoms with Gasteiger partial charge in [-0.25, -0.2) is 0 Å². The first-order valence-corrected chi connectivity index (χ1v) is 10.0. The summed E-state index contributed by atoms with van der Waals surface area (Å²) in [6.45, 7) is 6.63. The van der Waals surface area contributed by atoms with Crippen LogP contribution in [0.1, 0.15) is 72.1 Å². The highest BCUT2D eigenvalue weighted by molar-refractivity contribution is 5.15. The van der Waals surface area contributed by atoms with Gasteiger partial charge in [-0.1, -0.05) is 13.8 Å². The maximum atomic E-state index is 11.1. The molecule has 0 aromatic carbocycles. The SMILES string of the molecule is C[C@@]1(O)CC[C@@]2(C)[C@@H](CC[C@@H]3[C@@H]2C[C@@H](O)[C@]2(C)[C@@H](C#N)CC[C@@H]32)C1. The largest absolute Gasteiger partial charge is 0.392 e. The highest BCUT2D eigenvalue weighted by Gasteiger charge is 2.63. The van der Waals surface area contributed by atoms with E-state index in [-0.39, 0.29) is 22.9 Å². The molecule has 0 heterocycles. The van der Waals surface area contributed by atoms with Gasteiger partial charge in [0.15, 0.2) is 0 Å². The quantitative estimate of drug-likeness (QED) is 0.708. The Kier molecular flexibility index (Phi) is 3.66. The Labute approximate surface area is 146 Å². The Hall–Kier alpha value is -0.590. The number of hydrogen-bond acceptors (Lipinski definition) is 3. The predicted molar refractivity (Wildman–Crippen MR) is 92.8 cm³/mol. The second-order valence-electron chi connectivity index (χ2n) is 10.2. The van der Waals surface area contributed by atoms with Gasteiger partial charge in [0.2, 0.25) is 0 Å². The molecule has 3 heteroatoms. The van der Waals surface area contributed by atoms with Crippen molar-refractivity contribution in [3.8, 4) is 6.07 Å². The molecule has 0 spiro atoms. The fourth-order valence-electron chi connectivity index (χ4n) is 7.62. The summed E-state index contributed by atoms with van der Waals surface area (Å²) in [7, 11) is 0. The molecule has 4 rings (SSSR count). The molecule has 0 aromatic rings. The number of nitrogens with zero attached hydrogens (tertiary/aromatic N) is 1. The first-order valence-electron chi connectivity index (χ1n) is 10.0. The molecule has 9 atom stereocenters. The van der Waals surface area contributed by atoms with Gasteiger partial charge in [-0.2, -0.15) is 5.26 Å². The molecule has 0 unspecified atom stereocenters. The molecule has 0 bridgehead atoms. The molecule has 0 saturated heterocycles. The van der Waals surface area contributed by atoms with Crippen LogP contribution >= 0.6 is 0 Å². The lowest BCUT2D eigenvalue weighted by molar-refractivity contribution is -0.177. The van der Waals surface area contributed by atoms with Gasteiger partial charge in [-0.15, -0.1) is 0 Å². The minimum Gasteiger partial charge on any atom is -0.392 e. The number of nitriles is 1. The van der Waals surface area contributed by atoms with Crippen molar-refractivity contribution >= 4 is 0 Å². The van der Waals surface area contributed by atoms with Gasteiger partial charge in [0.05, 0.1) is 23.7 Å². The van der Waals surface area contributed by atoms with Gasteiger partial charge < -0.3 is 10.2 Å². The van der Waals surface area contributed by atoms with Crippen LogP contribution in [0.4, 0.5) is 0 Å². The van der Waals surface area contributed by atoms with Crippen LogP contribution in [-0.2, 0) is 0 Å². The molecule has 0 amide bonds. The Morgan fingerprint density at radius 2 is 1.75 bits per heavy atom. The third-order valence-corrected chi connectivity index (χ3v) is 9.22. The van der Waals surface area contributed by atoms with Crippen LogP contribution in [0.2, 0.25) is 0 Å². The van der Waals surface area contributed by atoms with Crippen molar-refractivity contribution in [2.24, 2.45) is 40.4 Å². The van der Waals surface area contributed by atoms with Crippen LogP contribution in [0.3, 0.4) is 0 Å². The van der Waals surface area contributed by atoms with Gasteiger partial charge in [-0.05, 0) is 87.4 Å². The van der Waals surface area contributed by atoms with E-state index >= 15 is 0 Å². The third-order valence-electron chi connectivity index (χ3n) is 9.22. The summed E-state index contributed by atoms with van der Waals surface area (Å²) < 4.78 is 0. The Bertz CT molecular complexity index is 567. The average Bonchev–Trinajstić information content (AvgIpc) is 2.87. The first kappa shape index (κ1) is 16.9. The van der Waals surface area contributed by atoms with E-state index in [1.807, 2.05) is 6.92 Å². The fourth-order valence-corrected chi connectivity index (χ4v) is 7.62. The first-order chi connectivity index (χ1) is 11.2. The molecule has 0 aliphatic heterocycles. The van der Waals surface area contributed by atoms with Crippen molar-refractivity contribution in [3.05, 3.63) is 0 Å². The molecule has 0 radical (unpaired) electrons. The summed E-state index contributed by atoms with van der Waals surface area (Å²) in [4.78, 5) is 0. The van der Waals surface area contributed by atoms with Crippen molar-refractivity contribution in [2.75, 3.05) is 0 Å². The summed E-state index contributed by atoms with van der Waals surface area (Å²) in [5.74, 6) is 2.36. The van der Waals surface area contributed by atoms with Gasteiger partial charge in [0, 0.05) is 5.41 Å². The summed E-state index contributed by atoms with van der Waals surface area (Å²) >= 11 is 0. The zero-order valence-corrected chi connectivity index (χ0v) is 15.5. The Morgan fingerprint density at radius 1 is 1.00 bits per heavy atom. The number of rotatable bonds is 0. The van der Waals surface area contributed by atoms with Gasteiger partial charge in [0.25, 0.3) is 0 Å². The topological polar surface area (TPSA) is 64.2 Å². The smallest absolute Gasteiger partial charge is 0.0662 e. The molecular weight excluding hydrogens is 298 g/mol. The lowest BCUT2D eigenvalue weighted by atomic mass is 9.43. The molecular formula is C21H33NO2. The van der Waals surface area contributed by atoms with Crippen LogP contribution in [0.25, 0.3) is 0 Å². The van der Waals surface area contributed by atoms with E-state index in [0.29, 0.717) is 23.7 Å². The van der Waals surface area contributed by atoms with E-state index in [9.17, 15) is 15.5 Å². The Balaban J connectivity index is 1.66. The van der Waals surface area contributed by atoms with Crippen molar-refractivity contribution in [1.29, 1.82) is 5.26 Å². The maximum Gasteiger partial charge on any atom is 0.0662 e. The molecule has 134 valence electrons. The van der Waals surface area contributed by atoms with Crippen molar-refractivity contribution < 1.29 is 10.2 Å². The third kappa shape index (κ3) is 2.08. The molecule has 2 N–H and O–H groups in total.